The second-order valence-corrected chi connectivity index (χ2v) is 3.44. The normalized spacial score (nSPS) is 9.79. The molecule has 76 valence electrons. The predicted molar refractivity (Wildman–Crippen MR) is 56.3 cm³/mol. The van der Waals surface area contributed by atoms with Crippen molar-refractivity contribution in [3.8, 4) is 5.75 Å². The zero-order valence-corrected chi connectivity index (χ0v) is 8.95. The molecule has 0 aromatic heterocycles. The molecule has 0 amide bonds. The number of benzene rings is 1. The van der Waals surface area contributed by atoms with E-state index in [1.54, 1.807) is 18.2 Å². The first-order valence-corrected chi connectivity index (χ1v) is 4.79. The minimum Gasteiger partial charge on any atom is -0.492 e. The van der Waals surface area contributed by atoms with Crippen LogP contribution in [0.25, 0.3) is 0 Å². The van der Waals surface area contributed by atoms with E-state index in [0.717, 1.165) is 0 Å². The average Bonchev–Trinajstić information content (AvgIpc) is 2.12. The lowest BCUT2D eigenvalue weighted by Crippen LogP contribution is -2.05. The number of hydrogen-bond acceptors (Lipinski definition) is 3. The van der Waals surface area contributed by atoms with Gasteiger partial charge in [0.2, 0.25) is 0 Å². The molecule has 0 bridgehead atoms. The van der Waals surface area contributed by atoms with Crippen molar-refractivity contribution in [1.29, 1.82) is 0 Å². The predicted octanol–water partition coefficient (Wildman–Crippen LogP) is 1.88. The van der Waals surface area contributed by atoms with E-state index in [2.05, 4.69) is 15.9 Å². The third-order valence-electron chi connectivity index (χ3n) is 1.57. The molecule has 0 heterocycles. The SMILES string of the molecule is Nc1cccc(OCCC(=O)O)c1Br. The Morgan fingerprint density at radius 2 is 2.29 bits per heavy atom. The molecule has 0 aliphatic carbocycles. The van der Waals surface area contributed by atoms with Crippen molar-refractivity contribution in [3.05, 3.63) is 22.7 Å². The van der Waals surface area contributed by atoms with Gasteiger partial charge in [-0.1, -0.05) is 6.07 Å². The summed E-state index contributed by atoms with van der Waals surface area (Å²) >= 11 is 3.25. The summed E-state index contributed by atoms with van der Waals surface area (Å²) in [7, 11) is 0. The number of carboxylic acid groups (broad SMARTS) is 1. The molecule has 0 aliphatic rings. The van der Waals surface area contributed by atoms with Gasteiger partial charge in [0.25, 0.3) is 0 Å². The zero-order chi connectivity index (χ0) is 10.6. The number of carbonyl (C=O) groups is 1. The Bertz CT molecular complexity index is 341. The summed E-state index contributed by atoms with van der Waals surface area (Å²) in [6.07, 6.45) is -0.0265. The first kappa shape index (κ1) is 10.8. The van der Waals surface area contributed by atoms with Gasteiger partial charge in [0.15, 0.2) is 0 Å². The highest BCUT2D eigenvalue weighted by atomic mass is 79.9. The molecule has 4 nitrogen and oxygen atoms in total. The Balaban J connectivity index is 2.59. The molecule has 0 radical (unpaired) electrons. The largest absolute Gasteiger partial charge is 0.492 e. The van der Waals surface area contributed by atoms with Crippen molar-refractivity contribution >= 4 is 27.6 Å². The number of nitrogen functional groups attached to an aromatic ring is 1. The van der Waals surface area contributed by atoms with Gasteiger partial charge in [0.05, 0.1) is 17.5 Å². The second-order valence-electron chi connectivity index (χ2n) is 2.65. The average molecular weight is 260 g/mol. The van der Waals surface area contributed by atoms with Crippen molar-refractivity contribution in [3.63, 3.8) is 0 Å². The number of nitrogens with two attached hydrogens (primary N) is 1. The number of rotatable bonds is 4. The third kappa shape index (κ3) is 2.92. The van der Waals surface area contributed by atoms with Crippen LogP contribution in [0.5, 0.6) is 5.75 Å². The molecule has 0 aliphatic heterocycles. The lowest BCUT2D eigenvalue weighted by molar-refractivity contribution is -0.137. The highest BCUT2D eigenvalue weighted by Crippen LogP contribution is 2.30. The van der Waals surface area contributed by atoms with Crippen LogP contribution in [0.1, 0.15) is 6.42 Å². The minimum absolute atomic E-state index is 0.0265. The van der Waals surface area contributed by atoms with Crippen molar-refractivity contribution in [2.24, 2.45) is 0 Å². The first-order chi connectivity index (χ1) is 6.61. The van der Waals surface area contributed by atoms with Gasteiger partial charge in [0, 0.05) is 5.69 Å². The van der Waals surface area contributed by atoms with E-state index in [-0.39, 0.29) is 13.0 Å². The van der Waals surface area contributed by atoms with Gasteiger partial charge >= 0.3 is 5.97 Å². The first-order valence-electron chi connectivity index (χ1n) is 4.00. The summed E-state index contributed by atoms with van der Waals surface area (Å²) in [5.74, 6) is -0.323. The standard InChI is InChI=1S/C9H10BrNO3/c10-9-6(11)2-1-3-7(9)14-5-4-8(12)13/h1-3H,4-5,11H2,(H,12,13). The Morgan fingerprint density at radius 1 is 1.57 bits per heavy atom. The van der Waals surface area contributed by atoms with Crippen molar-refractivity contribution in [2.45, 2.75) is 6.42 Å². The molecule has 0 atom stereocenters. The molecule has 0 saturated carbocycles. The van der Waals surface area contributed by atoms with E-state index in [0.29, 0.717) is 15.9 Å². The van der Waals surface area contributed by atoms with Crippen LogP contribution < -0.4 is 10.5 Å². The summed E-state index contributed by atoms with van der Waals surface area (Å²) in [6, 6.07) is 5.20. The number of anilines is 1. The third-order valence-corrected chi connectivity index (χ3v) is 2.42. The van der Waals surface area contributed by atoms with Gasteiger partial charge in [-0.2, -0.15) is 0 Å². The molecule has 1 rings (SSSR count). The molecule has 1 aromatic carbocycles. The molecular formula is C9H10BrNO3. The van der Waals surface area contributed by atoms with Gasteiger partial charge in [-0.15, -0.1) is 0 Å². The number of aliphatic carboxylic acids is 1. The maximum atomic E-state index is 10.2. The van der Waals surface area contributed by atoms with Gasteiger partial charge in [-0.05, 0) is 28.1 Å². The number of carboxylic acids is 1. The summed E-state index contributed by atoms with van der Waals surface area (Å²) in [4.78, 5) is 10.2. The van der Waals surface area contributed by atoms with Crippen LogP contribution in [0.3, 0.4) is 0 Å². The Labute approximate surface area is 89.8 Å². The van der Waals surface area contributed by atoms with Crippen molar-refractivity contribution in [1.82, 2.24) is 0 Å². The summed E-state index contributed by atoms with van der Waals surface area (Å²) in [6.45, 7) is 0.136. The topological polar surface area (TPSA) is 72.5 Å². The fraction of sp³-hybridized carbons (Fsp3) is 0.222. The summed E-state index contributed by atoms with van der Waals surface area (Å²) in [5.41, 5.74) is 6.18. The quantitative estimate of drug-likeness (QED) is 0.811. The second kappa shape index (κ2) is 4.85. The summed E-state index contributed by atoms with van der Waals surface area (Å²) in [5, 5.41) is 8.40. The number of halogens is 1. The fourth-order valence-electron chi connectivity index (χ4n) is 0.888. The monoisotopic (exact) mass is 259 g/mol. The lowest BCUT2D eigenvalue weighted by atomic mass is 10.3. The van der Waals surface area contributed by atoms with E-state index in [1.807, 2.05) is 0 Å². The molecule has 0 spiro atoms. The van der Waals surface area contributed by atoms with Crippen LogP contribution >= 0.6 is 15.9 Å². The van der Waals surface area contributed by atoms with E-state index >= 15 is 0 Å². The maximum absolute atomic E-state index is 10.2. The van der Waals surface area contributed by atoms with Crippen LogP contribution in [-0.2, 0) is 4.79 Å². The van der Waals surface area contributed by atoms with Crippen molar-refractivity contribution < 1.29 is 14.6 Å². The molecule has 1 aromatic rings. The zero-order valence-electron chi connectivity index (χ0n) is 7.37. The molecule has 14 heavy (non-hydrogen) atoms. The minimum atomic E-state index is -0.884. The van der Waals surface area contributed by atoms with E-state index in [1.165, 1.54) is 0 Å². The van der Waals surface area contributed by atoms with Gasteiger partial charge in [-0.3, -0.25) is 4.79 Å². The van der Waals surface area contributed by atoms with Crippen LogP contribution in [0.2, 0.25) is 0 Å². The lowest BCUT2D eigenvalue weighted by Gasteiger charge is -2.07. The Morgan fingerprint density at radius 3 is 2.93 bits per heavy atom. The highest BCUT2D eigenvalue weighted by Gasteiger charge is 2.04. The summed E-state index contributed by atoms with van der Waals surface area (Å²) < 4.78 is 5.88. The maximum Gasteiger partial charge on any atom is 0.306 e. The molecule has 0 fully saturated rings. The van der Waals surface area contributed by atoms with Gasteiger partial charge in [-0.25, -0.2) is 0 Å². The molecule has 0 saturated heterocycles. The van der Waals surface area contributed by atoms with Gasteiger partial charge < -0.3 is 15.6 Å². The van der Waals surface area contributed by atoms with E-state index in [9.17, 15) is 4.79 Å². The highest BCUT2D eigenvalue weighted by molar-refractivity contribution is 9.10. The Kier molecular flexibility index (Phi) is 3.76. The van der Waals surface area contributed by atoms with E-state index < -0.39 is 5.97 Å². The molecule has 0 unspecified atom stereocenters. The van der Waals surface area contributed by atoms with E-state index in [4.69, 9.17) is 15.6 Å². The Hall–Kier alpha value is -1.23. The van der Waals surface area contributed by atoms with Crippen LogP contribution in [-0.4, -0.2) is 17.7 Å². The van der Waals surface area contributed by atoms with Crippen molar-refractivity contribution in [2.75, 3.05) is 12.3 Å². The molecule has 3 N–H and O–H groups in total. The van der Waals surface area contributed by atoms with Gasteiger partial charge in [0.1, 0.15) is 5.75 Å². The number of hydrogen-bond donors (Lipinski definition) is 2. The van der Waals surface area contributed by atoms with Crippen LogP contribution in [0, 0.1) is 0 Å². The smallest absolute Gasteiger partial charge is 0.306 e. The fourth-order valence-corrected chi connectivity index (χ4v) is 1.27. The molecular weight excluding hydrogens is 250 g/mol. The van der Waals surface area contributed by atoms with Crippen LogP contribution in [0.4, 0.5) is 5.69 Å². The number of ether oxygens (including phenoxy) is 1. The molecule has 5 heteroatoms. The van der Waals surface area contributed by atoms with Crippen LogP contribution in [0.15, 0.2) is 22.7 Å².